The van der Waals surface area contributed by atoms with E-state index in [0.29, 0.717) is 16.7 Å². The molecule has 0 radical (unpaired) electrons. The van der Waals surface area contributed by atoms with Crippen LogP contribution in [0.25, 0.3) is 11.1 Å². The second kappa shape index (κ2) is 5.52. The highest BCUT2D eigenvalue weighted by Gasteiger charge is 2.14. The first kappa shape index (κ1) is 13.7. The minimum atomic E-state index is -1.22. The summed E-state index contributed by atoms with van der Waals surface area (Å²) >= 11 is 0. The minimum absolute atomic E-state index is 0.140. The van der Waals surface area contributed by atoms with Crippen molar-refractivity contribution in [3.63, 3.8) is 0 Å². The van der Waals surface area contributed by atoms with Gasteiger partial charge < -0.3 is 10.4 Å². The number of carboxylic acid groups (broad SMARTS) is 1. The van der Waals surface area contributed by atoms with Crippen LogP contribution in [-0.4, -0.2) is 24.0 Å². The Balaban J connectivity index is 2.57. The first-order valence-corrected chi connectivity index (χ1v) is 5.88. The van der Waals surface area contributed by atoms with Crippen molar-refractivity contribution in [3.05, 3.63) is 59.4 Å². The minimum Gasteiger partial charge on any atom is -0.478 e. The molecule has 0 aliphatic carbocycles. The van der Waals surface area contributed by atoms with E-state index >= 15 is 0 Å². The van der Waals surface area contributed by atoms with Gasteiger partial charge in [0.1, 0.15) is 5.82 Å². The number of carboxylic acids is 1. The molecule has 0 heterocycles. The van der Waals surface area contributed by atoms with Crippen LogP contribution in [0.2, 0.25) is 0 Å². The van der Waals surface area contributed by atoms with Crippen LogP contribution in [0.4, 0.5) is 4.39 Å². The fourth-order valence-corrected chi connectivity index (χ4v) is 1.92. The van der Waals surface area contributed by atoms with Crippen LogP contribution in [0, 0.1) is 5.82 Å². The van der Waals surface area contributed by atoms with Crippen LogP contribution in [0.1, 0.15) is 20.7 Å². The van der Waals surface area contributed by atoms with Gasteiger partial charge in [0.15, 0.2) is 0 Å². The Labute approximate surface area is 114 Å². The topological polar surface area (TPSA) is 66.4 Å². The largest absolute Gasteiger partial charge is 0.478 e. The van der Waals surface area contributed by atoms with Crippen molar-refractivity contribution in [2.24, 2.45) is 0 Å². The van der Waals surface area contributed by atoms with Gasteiger partial charge in [0.05, 0.1) is 5.56 Å². The summed E-state index contributed by atoms with van der Waals surface area (Å²) in [7, 11) is 1.51. The van der Waals surface area contributed by atoms with Crippen LogP contribution in [0.3, 0.4) is 0 Å². The Bertz CT molecular complexity index is 683. The van der Waals surface area contributed by atoms with Gasteiger partial charge in [-0.3, -0.25) is 4.79 Å². The molecule has 102 valence electrons. The van der Waals surface area contributed by atoms with Crippen LogP contribution in [-0.2, 0) is 0 Å². The summed E-state index contributed by atoms with van der Waals surface area (Å²) in [6.07, 6.45) is 0. The summed E-state index contributed by atoms with van der Waals surface area (Å²) in [6.45, 7) is 0. The number of benzene rings is 2. The van der Waals surface area contributed by atoms with Gasteiger partial charge in [0.25, 0.3) is 5.91 Å². The Morgan fingerprint density at radius 2 is 1.90 bits per heavy atom. The molecule has 2 N–H and O–H groups in total. The van der Waals surface area contributed by atoms with E-state index in [2.05, 4.69) is 5.32 Å². The maximum Gasteiger partial charge on any atom is 0.336 e. The standard InChI is InChI=1S/C15H12FNO3/c1-17-14(18)10-4-2-3-9(7-10)12-6-5-11(16)8-13(12)15(19)20/h2-8H,1H3,(H,17,18)(H,19,20). The molecule has 4 nitrogen and oxygen atoms in total. The van der Waals surface area contributed by atoms with Crippen molar-refractivity contribution in [3.8, 4) is 11.1 Å². The number of aromatic carboxylic acids is 1. The van der Waals surface area contributed by atoms with Gasteiger partial charge in [-0.2, -0.15) is 0 Å². The number of rotatable bonds is 3. The maximum atomic E-state index is 13.2. The van der Waals surface area contributed by atoms with E-state index in [0.717, 1.165) is 6.07 Å². The maximum absolute atomic E-state index is 13.2. The smallest absolute Gasteiger partial charge is 0.336 e. The third-order valence-electron chi connectivity index (χ3n) is 2.87. The molecular weight excluding hydrogens is 261 g/mol. The van der Waals surface area contributed by atoms with E-state index < -0.39 is 11.8 Å². The van der Waals surface area contributed by atoms with E-state index in [4.69, 9.17) is 5.11 Å². The van der Waals surface area contributed by atoms with Gasteiger partial charge in [-0.25, -0.2) is 9.18 Å². The number of carbonyl (C=O) groups is 2. The first-order chi connectivity index (χ1) is 9.52. The van der Waals surface area contributed by atoms with E-state index in [-0.39, 0.29) is 11.5 Å². The molecule has 0 aliphatic rings. The summed E-state index contributed by atoms with van der Waals surface area (Å²) in [4.78, 5) is 22.8. The van der Waals surface area contributed by atoms with Crippen LogP contribution >= 0.6 is 0 Å². The molecule has 0 saturated heterocycles. The van der Waals surface area contributed by atoms with Crippen molar-refractivity contribution < 1.29 is 19.1 Å². The first-order valence-electron chi connectivity index (χ1n) is 5.88. The predicted molar refractivity (Wildman–Crippen MR) is 72.2 cm³/mol. The second-order valence-corrected chi connectivity index (χ2v) is 4.15. The molecule has 0 saturated carbocycles. The Kier molecular flexibility index (Phi) is 3.79. The Morgan fingerprint density at radius 1 is 1.15 bits per heavy atom. The van der Waals surface area contributed by atoms with Crippen molar-refractivity contribution in [2.75, 3.05) is 7.05 Å². The molecule has 2 aromatic rings. The molecule has 5 heteroatoms. The number of halogens is 1. The monoisotopic (exact) mass is 273 g/mol. The van der Waals surface area contributed by atoms with E-state index in [9.17, 15) is 14.0 Å². The van der Waals surface area contributed by atoms with Crippen molar-refractivity contribution in [1.82, 2.24) is 5.32 Å². The quantitative estimate of drug-likeness (QED) is 0.903. The molecule has 0 bridgehead atoms. The average Bonchev–Trinajstić information content (AvgIpc) is 2.46. The molecule has 2 rings (SSSR count). The van der Waals surface area contributed by atoms with E-state index in [1.165, 1.54) is 19.2 Å². The lowest BCUT2D eigenvalue weighted by molar-refractivity contribution is 0.0697. The summed E-state index contributed by atoms with van der Waals surface area (Å²) < 4.78 is 13.2. The predicted octanol–water partition coefficient (Wildman–Crippen LogP) is 2.55. The van der Waals surface area contributed by atoms with Gasteiger partial charge in [0, 0.05) is 12.6 Å². The Morgan fingerprint density at radius 3 is 2.55 bits per heavy atom. The number of hydrogen-bond donors (Lipinski definition) is 2. The number of amides is 1. The number of hydrogen-bond acceptors (Lipinski definition) is 2. The van der Waals surface area contributed by atoms with Crippen molar-refractivity contribution >= 4 is 11.9 Å². The average molecular weight is 273 g/mol. The fraction of sp³-hybridized carbons (Fsp3) is 0.0667. The highest BCUT2D eigenvalue weighted by Crippen LogP contribution is 2.25. The molecule has 0 spiro atoms. The molecule has 0 fully saturated rings. The molecule has 0 aliphatic heterocycles. The summed E-state index contributed by atoms with van der Waals surface area (Å²) in [5.74, 6) is -2.11. The van der Waals surface area contributed by atoms with Gasteiger partial charge in [-0.1, -0.05) is 18.2 Å². The zero-order valence-corrected chi connectivity index (χ0v) is 10.7. The molecule has 0 unspecified atom stereocenters. The van der Waals surface area contributed by atoms with Crippen LogP contribution < -0.4 is 5.32 Å². The third kappa shape index (κ3) is 2.66. The lowest BCUT2D eigenvalue weighted by Gasteiger charge is -2.08. The summed E-state index contributed by atoms with van der Waals surface area (Å²) in [5, 5.41) is 11.6. The molecule has 20 heavy (non-hydrogen) atoms. The normalized spacial score (nSPS) is 10.1. The fourth-order valence-electron chi connectivity index (χ4n) is 1.92. The SMILES string of the molecule is CNC(=O)c1cccc(-c2ccc(F)cc2C(=O)O)c1. The summed E-state index contributed by atoms with van der Waals surface area (Å²) in [6, 6.07) is 10.0. The van der Waals surface area contributed by atoms with Crippen LogP contribution in [0.5, 0.6) is 0 Å². The number of nitrogens with one attached hydrogen (secondary N) is 1. The molecule has 0 aromatic heterocycles. The second-order valence-electron chi connectivity index (χ2n) is 4.15. The van der Waals surface area contributed by atoms with Gasteiger partial charge in [0.2, 0.25) is 0 Å². The zero-order chi connectivity index (χ0) is 14.7. The lowest BCUT2D eigenvalue weighted by atomic mass is 9.98. The lowest BCUT2D eigenvalue weighted by Crippen LogP contribution is -2.17. The van der Waals surface area contributed by atoms with E-state index in [1.54, 1.807) is 24.3 Å². The highest BCUT2D eigenvalue weighted by molar-refractivity contribution is 5.98. The third-order valence-corrected chi connectivity index (χ3v) is 2.87. The molecule has 2 aromatic carbocycles. The zero-order valence-electron chi connectivity index (χ0n) is 10.7. The van der Waals surface area contributed by atoms with E-state index in [1.807, 2.05) is 0 Å². The highest BCUT2D eigenvalue weighted by atomic mass is 19.1. The van der Waals surface area contributed by atoms with Crippen molar-refractivity contribution in [1.29, 1.82) is 0 Å². The molecule has 1 amide bonds. The van der Waals surface area contributed by atoms with Crippen molar-refractivity contribution in [2.45, 2.75) is 0 Å². The van der Waals surface area contributed by atoms with Gasteiger partial charge >= 0.3 is 5.97 Å². The van der Waals surface area contributed by atoms with Gasteiger partial charge in [-0.15, -0.1) is 0 Å². The number of carbonyl (C=O) groups excluding carboxylic acids is 1. The Hall–Kier alpha value is -2.69. The molecule has 0 atom stereocenters. The summed E-state index contributed by atoms with van der Waals surface area (Å²) in [5.41, 5.74) is 1.18. The van der Waals surface area contributed by atoms with Crippen LogP contribution in [0.15, 0.2) is 42.5 Å². The molecular formula is C15H12FNO3. The van der Waals surface area contributed by atoms with Gasteiger partial charge in [-0.05, 0) is 35.4 Å².